The summed E-state index contributed by atoms with van der Waals surface area (Å²) in [7, 11) is 0. The third-order valence-electron chi connectivity index (χ3n) is 2.92. The Balaban J connectivity index is 1.97. The molecule has 4 nitrogen and oxygen atoms in total. The van der Waals surface area contributed by atoms with Gasteiger partial charge >= 0.3 is 0 Å². The molecule has 0 spiro atoms. The van der Waals surface area contributed by atoms with Crippen LogP contribution in [0.4, 0.5) is 4.39 Å². The summed E-state index contributed by atoms with van der Waals surface area (Å²) >= 11 is 1.52. The molecule has 0 unspecified atom stereocenters. The van der Waals surface area contributed by atoms with Crippen molar-refractivity contribution in [2.45, 2.75) is 0 Å². The lowest BCUT2D eigenvalue weighted by atomic mass is 10.3. The van der Waals surface area contributed by atoms with Gasteiger partial charge < -0.3 is 4.98 Å². The quantitative estimate of drug-likeness (QED) is 0.539. The molecular weight excluding hydrogens is 262 g/mol. The van der Waals surface area contributed by atoms with Gasteiger partial charge in [-0.2, -0.15) is 4.39 Å². The summed E-state index contributed by atoms with van der Waals surface area (Å²) in [6, 6.07) is 5.05. The van der Waals surface area contributed by atoms with Crippen LogP contribution in [0.2, 0.25) is 0 Å². The molecule has 92 valence electrons. The molecular formula is C13H7FN4S. The third kappa shape index (κ3) is 1.61. The smallest absolute Gasteiger partial charge is 0.213 e. The molecule has 0 saturated heterocycles. The molecule has 0 aromatic carbocycles. The number of fused-ring (bicyclic) bond motifs is 3. The molecule has 0 bridgehead atoms. The number of pyridine rings is 2. The molecule has 0 aliphatic rings. The van der Waals surface area contributed by atoms with Crippen molar-refractivity contribution < 1.29 is 4.39 Å². The van der Waals surface area contributed by atoms with Gasteiger partial charge in [-0.25, -0.2) is 9.97 Å². The SMILES string of the molecule is [18F]c1cc(-c2nc3[nH]c4ccncc4c3s2)ccn1. The van der Waals surface area contributed by atoms with Crippen LogP contribution in [0.25, 0.3) is 31.8 Å². The molecule has 0 aliphatic heterocycles. The maximum Gasteiger partial charge on any atom is 0.213 e. The molecule has 0 saturated carbocycles. The van der Waals surface area contributed by atoms with E-state index >= 15 is 0 Å². The van der Waals surface area contributed by atoms with E-state index in [2.05, 4.69) is 19.9 Å². The van der Waals surface area contributed by atoms with Crippen molar-refractivity contribution in [3.63, 3.8) is 0 Å². The minimum Gasteiger partial charge on any atom is -0.338 e. The van der Waals surface area contributed by atoms with Crippen LogP contribution in [0.3, 0.4) is 0 Å². The van der Waals surface area contributed by atoms with Crippen LogP contribution in [0, 0.1) is 5.95 Å². The summed E-state index contributed by atoms with van der Waals surface area (Å²) in [6.45, 7) is 0. The van der Waals surface area contributed by atoms with Crippen molar-refractivity contribution >= 4 is 32.6 Å². The Kier molecular flexibility index (Phi) is 2.13. The van der Waals surface area contributed by atoms with Gasteiger partial charge in [0.05, 0.1) is 10.2 Å². The van der Waals surface area contributed by atoms with Crippen molar-refractivity contribution in [3.8, 4) is 10.6 Å². The monoisotopic (exact) mass is 269 g/mol. The second-order valence-electron chi connectivity index (χ2n) is 4.11. The Morgan fingerprint density at radius 1 is 1.21 bits per heavy atom. The number of nitrogens with zero attached hydrogens (tertiary/aromatic N) is 3. The first-order valence-corrected chi connectivity index (χ1v) is 6.47. The Labute approximate surface area is 111 Å². The van der Waals surface area contributed by atoms with Crippen LogP contribution in [-0.2, 0) is 0 Å². The second-order valence-corrected chi connectivity index (χ2v) is 5.11. The summed E-state index contributed by atoms with van der Waals surface area (Å²) in [5.41, 5.74) is 2.55. The van der Waals surface area contributed by atoms with E-state index in [0.29, 0.717) is 0 Å². The van der Waals surface area contributed by atoms with Crippen molar-refractivity contribution in [1.29, 1.82) is 0 Å². The van der Waals surface area contributed by atoms with Gasteiger partial charge in [-0.15, -0.1) is 11.3 Å². The Hall–Kier alpha value is -2.34. The van der Waals surface area contributed by atoms with E-state index in [9.17, 15) is 4.39 Å². The fourth-order valence-corrected chi connectivity index (χ4v) is 3.10. The number of aromatic nitrogens is 4. The first kappa shape index (κ1) is 10.6. The maximum atomic E-state index is 13.1. The zero-order valence-electron chi connectivity index (χ0n) is 9.59. The highest BCUT2D eigenvalue weighted by molar-refractivity contribution is 7.22. The zero-order chi connectivity index (χ0) is 12.8. The molecule has 0 amide bonds. The first-order chi connectivity index (χ1) is 9.31. The van der Waals surface area contributed by atoms with E-state index in [-0.39, 0.29) is 0 Å². The topological polar surface area (TPSA) is 54.5 Å². The maximum absolute atomic E-state index is 13.1. The molecule has 0 atom stereocenters. The van der Waals surface area contributed by atoms with Crippen LogP contribution in [0.1, 0.15) is 0 Å². The molecule has 4 heterocycles. The highest BCUT2D eigenvalue weighted by atomic mass is 32.1. The lowest BCUT2D eigenvalue weighted by Crippen LogP contribution is -1.82. The van der Waals surface area contributed by atoms with Gasteiger partial charge in [0.15, 0.2) is 0 Å². The zero-order valence-corrected chi connectivity index (χ0v) is 10.4. The molecule has 4 aromatic rings. The lowest BCUT2D eigenvalue weighted by Gasteiger charge is -1.94. The lowest BCUT2D eigenvalue weighted by molar-refractivity contribution is 0.584. The number of thiazole rings is 1. The van der Waals surface area contributed by atoms with Crippen LogP contribution >= 0.6 is 11.3 Å². The standard InChI is InChI=1S/C13H7FN4S/c14-10-5-7(1-4-16-10)13-18-12-11(19-13)8-6-15-3-2-9(8)17-12/h1-6,17H/i14-1. The van der Waals surface area contributed by atoms with Crippen molar-refractivity contribution in [1.82, 2.24) is 19.9 Å². The van der Waals surface area contributed by atoms with E-state index in [0.717, 1.165) is 31.8 Å². The van der Waals surface area contributed by atoms with Crippen LogP contribution in [-0.4, -0.2) is 19.9 Å². The fraction of sp³-hybridized carbons (Fsp3) is 0. The number of halogens is 1. The van der Waals surface area contributed by atoms with Crippen molar-refractivity contribution in [3.05, 3.63) is 42.7 Å². The van der Waals surface area contributed by atoms with E-state index < -0.39 is 5.95 Å². The first-order valence-electron chi connectivity index (χ1n) is 5.65. The predicted octanol–water partition coefficient (Wildman–Crippen LogP) is 3.37. The molecule has 1 N–H and O–H groups in total. The molecule has 0 aliphatic carbocycles. The van der Waals surface area contributed by atoms with Gasteiger partial charge in [-0.1, -0.05) is 0 Å². The minimum atomic E-state index is -0.497. The Morgan fingerprint density at radius 3 is 3.05 bits per heavy atom. The van der Waals surface area contributed by atoms with Gasteiger partial charge in [0, 0.05) is 35.6 Å². The van der Waals surface area contributed by atoms with E-state index in [1.54, 1.807) is 12.3 Å². The Bertz CT molecular complexity index is 896. The van der Waals surface area contributed by atoms with E-state index in [1.165, 1.54) is 23.6 Å². The number of nitrogens with one attached hydrogen (secondary N) is 1. The van der Waals surface area contributed by atoms with Crippen LogP contribution < -0.4 is 0 Å². The minimum absolute atomic E-state index is 0.497. The number of hydrogen-bond donors (Lipinski definition) is 1. The van der Waals surface area contributed by atoms with Gasteiger partial charge in [-0.3, -0.25) is 4.98 Å². The molecule has 4 aromatic heterocycles. The van der Waals surface area contributed by atoms with Crippen LogP contribution in [0.5, 0.6) is 0 Å². The highest BCUT2D eigenvalue weighted by Crippen LogP contribution is 2.34. The number of hydrogen-bond acceptors (Lipinski definition) is 4. The summed E-state index contributed by atoms with van der Waals surface area (Å²) in [5, 5.41) is 1.81. The van der Waals surface area contributed by atoms with Crippen molar-refractivity contribution in [2.75, 3.05) is 0 Å². The normalized spacial score (nSPS) is 11.4. The largest absolute Gasteiger partial charge is 0.338 e. The number of H-pyrrole nitrogens is 1. The van der Waals surface area contributed by atoms with E-state index in [1.807, 2.05) is 12.3 Å². The highest BCUT2D eigenvalue weighted by Gasteiger charge is 2.12. The summed E-state index contributed by atoms with van der Waals surface area (Å²) < 4.78 is 14.2. The summed E-state index contributed by atoms with van der Waals surface area (Å²) in [5.74, 6) is -0.497. The van der Waals surface area contributed by atoms with E-state index in [4.69, 9.17) is 0 Å². The van der Waals surface area contributed by atoms with Gasteiger partial charge in [0.1, 0.15) is 10.7 Å². The molecule has 0 fully saturated rings. The number of aromatic amines is 1. The van der Waals surface area contributed by atoms with Crippen LogP contribution in [0.15, 0.2) is 36.8 Å². The second kappa shape index (κ2) is 3.83. The summed E-state index contributed by atoms with van der Waals surface area (Å²) in [6.07, 6.45) is 4.99. The molecule has 0 radical (unpaired) electrons. The fourth-order valence-electron chi connectivity index (χ4n) is 2.06. The molecule has 19 heavy (non-hydrogen) atoms. The number of rotatable bonds is 1. The Morgan fingerprint density at radius 2 is 2.16 bits per heavy atom. The average molecular weight is 269 g/mol. The van der Waals surface area contributed by atoms with Gasteiger partial charge in [-0.05, 0) is 12.1 Å². The predicted molar refractivity (Wildman–Crippen MR) is 72.5 cm³/mol. The van der Waals surface area contributed by atoms with Crippen molar-refractivity contribution in [2.24, 2.45) is 0 Å². The molecule has 6 heteroatoms. The third-order valence-corrected chi connectivity index (χ3v) is 4.06. The van der Waals surface area contributed by atoms with Gasteiger partial charge in [0.2, 0.25) is 5.95 Å². The average Bonchev–Trinajstić information content (AvgIpc) is 2.96. The van der Waals surface area contributed by atoms with Gasteiger partial charge in [0.25, 0.3) is 0 Å². The molecule has 4 rings (SSSR count). The summed E-state index contributed by atoms with van der Waals surface area (Å²) in [4.78, 5) is 15.4.